The normalized spacial score (nSPS) is 11.4. The summed E-state index contributed by atoms with van der Waals surface area (Å²) in [5, 5.41) is 11.8. The Morgan fingerprint density at radius 3 is 2.04 bits per heavy atom. The zero-order valence-corrected chi connectivity index (χ0v) is 27.8. The van der Waals surface area contributed by atoms with E-state index in [-0.39, 0.29) is 17.7 Å². The van der Waals surface area contributed by atoms with Crippen LogP contribution >= 0.6 is 0 Å². The molecule has 0 fully saturated rings. The van der Waals surface area contributed by atoms with Crippen molar-refractivity contribution in [1.82, 2.24) is 24.8 Å². The van der Waals surface area contributed by atoms with Crippen molar-refractivity contribution < 1.29 is 14.4 Å². The fraction of sp³-hybridized carbons (Fsp3) is 0.286. The molecule has 246 valence electrons. The number of anilines is 3. The number of nitrogens with zero attached hydrogens (tertiary/aromatic N) is 5. The van der Waals surface area contributed by atoms with E-state index in [1.165, 1.54) is 6.20 Å². The van der Waals surface area contributed by atoms with Crippen molar-refractivity contribution in [2.24, 2.45) is 19.1 Å². The predicted molar refractivity (Wildman–Crippen MR) is 189 cm³/mol. The molecule has 0 atom stereocenters. The largest absolute Gasteiger partial charge is 0.378 e. The Morgan fingerprint density at radius 2 is 1.47 bits per heavy atom. The number of amides is 3. The summed E-state index contributed by atoms with van der Waals surface area (Å²) in [4.78, 5) is 49.7. The van der Waals surface area contributed by atoms with E-state index >= 15 is 0 Å². The van der Waals surface area contributed by atoms with Crippen LogP contribution in [0.15, 0.2) is 72.1 Å². The molecule has 12 nitrogen and oxygen atoms in total. The van der Waals surface area contributed by atoms with Gasteiger partial charge in [0.15, 0.2) is 0 Å². The van der Waals surface area contributed by atoms with Crippen LogP contribution in [0.4, 0.5) is 17.1 Å². The Hall–Kier alpha value is -5.65. The Kier molecular flexibility index (Phi) is 11.7. The number of carbonyl (C=O) groups excluding carboxylic acids is 3. The van der Waals surface area contributed by atoms with E-state index in [1.807, 2.05) is 69.3 Å². The van der Waals surface area contributed by atoms with E-state index in [1.54, 1.807) is 59.9 Å². The molecular weight excluding hydrogens is 594 g/mol. The van der Waals surface area contributed by atoms with Crippen LogP contribution in [-0.2, 0) is 14.1 Å². The highest BCUT2D eigenvalue weighted by atomic mass is 16.2. The summed E-state index contributed by atoms with van der Waals surface area (Å²) in [6.07, 6.45) is 9.31. The van der Waals surface area contributed by atoms with Crippen molar-refractivity contribution in [3.05, 3.63) is 95.3 Å². The zero-order chi connectivity index (χ0) is 33.9. The van der Waals surface area contributed by atoms with Crippen molar-refractivity contribution >= 4 is 52.8 Å². The monoisotopic (exact) mass is 637 g/mol. The number of amidine groups is 1. The molecule has 4 rings (SSSR count). The van der Waals surface area contributed by atoms with Gasteiger partial charge in [-0.25, -0.2) is 0 Å². The number of hydrogen-bond acceptors (Lipinski definition) is 6. The third-order valence-electron chi connectivity index (χ3n) is 7.27. The smallest absolute Gasteiger partial charge is 0.272 e. The molecule has 3 aromatic heterocycles. The van der Waals surface area contributed by atoms with E-state index in [4.69, 9.17) is 0 Å². The number of rotatable bonds is 13. The second-order valence-electron chi connectivity index (χ2n) is 11.1. The Labute approximate surface area is 275 Å². The highest BCUT2D eigenvalue weighted by Crippen LogP contribution is 2.19. The van der Waals surface area contributed by atoms with E-state index in [2.05, 4.69) is 31.2 Å². The number of nitrogens with one attached hydrogen (secondary N) is 4. The lowest BCUT2D eigenvalue weighted by Gasteiger charge is -2.11. The van der Waals surface area contributed by atoms with Gasteiger partial charge in [-0.1, -0.05) is 18.2 Å². The number of carbonyl (C=O) groups is 3. The fourth-order valence-corrected chi connectivity index (χ4v) is 4.82. The van der Waals surface area contributed by atoms with E-state index in [9.17, 15) is 14.4 Å². The molecule has 3 heterocycles. The predicted octanol–water partition coefficient (Wildman–Crippen LogP) is 4.65. The van der Waals surface area contributed by atoms with Gasteiger partial charge in [0, 0.05) is 78.5 Å². The Balaban J connectivity index is 1.32. The zero-order valence-electron chi connectivity index (χ0n) is 27.8. The van der Waals surface area contributed by atoms with Gasteiger partial charge in [-0.2, -0.15) is 0 Å². The van der Waals surface area contributed by atoms with Crippen LogP contribution in [0.25, 0.3) is 12.2 Å². The van der Waals surface area contributed by atoms with Gasteiger partial charge >= 0.3 is 0 Å². The maximum atomic E-state index is 13.1. The first-order chi connectivity index (χ1) is 22.6. The lowest BCUT2D eigenvalue weighted by atomic mass is 10.1. The Morgan fingerprint density at radius 1 is 0.830 bits per heavy atom. The number of aromatic nitrogens is 3. The maximum Gasteiger partial charge on any atom is 0.272 e. The number of benzene rings is 1. The first-order valence-electron chi connectivity index (χ1n) is 15.5. The minimum atomic E-state index is -0.384. The summed E-state index contributed by atoms with van der Waals surface area (Å²) in [6.45, 7) is 5.83. The van der Waals surface area contributed by atoms with Crippen molar-refractivity contribution in [2.75, 3.05) is 49.3 Å². The highest BCUT2D eigenvalue weighted by Gasteiger charge is 2.17. The van der Waals surface area contributed by atoms with Gasteiger partial charge in [0.25, 0.3) is 17.7 Å². The van der Waals surface area contributed by atoms with Crippen LogP contribution < -0.4 is 26.2 Å². The second kappa shape index (κ2) is 16.1. The maximum absolute atomic E-state index is 13.1. The number of pyridine rings is 1. The van der Waals surface area contributed by atoms with Crippen molar-refractivity contribution in [3.8, 4) is 0 Å². The molecule has 1 aromatic carbocycles. The molecule has 0 aliphatic heterocycles. The molecule has 0 saturated carbocycles. The standard InChI is InChI=1S/C35H43N9O3/c1-7-36-32(37-8-2)17-18-38-34(46)30-19-28(23-43(30)5)41-35(47)31-20-27(22-44(31)6)40-33(45)25-12-14-26(39-21-25)13-9-24-10-15-29(16-11-24)42(3)4/h9-16,19-23H,7-8,17-18H2,1-6H3,(H,36,37)(H,38,46)(H,40,45)(H,41,47)/b13-9+. The molecular formula is C35H43N9O3. The first kappa shape index (κ1) is 34.2. The van der Waals surface area contributed by atoms with Crippen LogP contribution in [0.3, 0.4) is 0 Å². The van der Waals surface area contributed by atoms with Crippen LogP contribution in [0.1, 0.15) is 62.9 Å². The molecule has 0 saturated heterocycles. The SMILES string of the molecule is CC/N=C(/CCNC(=O)c1cc(NC(=O)c2cc(NC(=O)c3ccc(/C=C/c4ccc(N(C)C)cc4)nc3)cn2C)cn1C)NCC. The van der Waals surface area contributed by atoms with Gasteiger partial charge < -0.3 is 35.3 Å². The molecule has 47 heavy (non-hydrogen) atoms. The topological polar surface area (TPSA) is 138 Å². The van der Waals surface area contributed by atoms with Crippen molar-refractivity contribution in [1.29, 1.82) is 0 Å². The summed E-state index contributed by atoms with van der Waals surface area (Å²) in [7, 11) is 7.46. The lowest BCUT2D eigenvalue weighted by Crippen LogP contribution is -2.31. The molecule has 12 heteroatoms. The van der Waals surface area contributed by atoms with Gasteiger partial charge in [-0.05, 0) is 61.9 Å². The quantitative estimate of drug-likeness (QED) is 0.124. The molecule has 0 unspecified atom stereocenters. The molecule has 0 spiro atoms. The molecule has 4 N–H and O–H groups in total. The molecule has 0 radical (unpaired) electrons. The van der Waals surface area contributed by atoms with E-state index in [0.29, 0.717) is 47.8 Å². The van der Waals surface area contributed by atoms with Crippen LogP contribution in [0.2, 0.25) is 0 Å². The van der Waals surface area contributed by atoms with Gasteiger partial charge in [0.2, 0.25) is 0 Å². The molecule has 3 amide bonds. The second-order valence-corrected chi connectivity index (χ2v) is 11.1. The third-order valence-corrected chi connectivity index (χ3v) is 7.27. The van der Waals surface area contributed by atoms with E-state index < -0.39 is 0 Å². The van der Waals surface area contributed by atoms with Crippen molar-refractivity contribution in [2.45, 2.75) is 20.3 Å². The lowest BCUT2D eigenvalue weighted by molar-refractivity contribution is 0.0945. The summed E-state index contributed by atoms with van der Waals surface area (Å²) in [6, 6.07) is 14.9. The van der Waals surface area contributed by atoms with Crippen LogP contribution in [0, 0.1) is 0 Å². The van der Waals surface area contributed by atoms with Gasteiger partial charge in [-0.15, -0.1) is 0 Å². The summed E-state index contributed by atoms with van der Waals surface area (Å²) in [5.41, 5.74) is 4.95. The highest BCUT2D eigenvalue weighted by molar-refractivity contribution is 6.07. The number of aliphatic imine (C=N–C) groups is 1. The first-order valence-corrected chi connectivity index (χ1v) is 15.5. The van der Waals surface area contributed by atoms with Gasteiger partial charge in [0.1, 0.15) is 11.4 Å². The van der Waals surface area contributed by atoms with Crippen LogP contribution in [-0.4, -0.2) is 71.4 Å². The van der Waals surface area contributed by atoms with Crippen LogP contribution in [0.5, 0.6) is 0 Å². The minimum absolute atomic E-state index is 0.252. The minimum Gasteiger partial charge on any atom is -0.378 e. The average molecular weight is 638 g/mol. The summed E-state index contributed by atoms with van der Waals surface area (Å²) in [5.74, 6) is -0.126. The van der Waals surface area contributed by atoms with Gasteiger partial charge in [-0.3, -0.25) is 24.4 Å². The summed E-state index contributed by atoms with van der Waals surface area (Å²) < 4.78 is 3.28. The Bertz CT molecular complexity index is 1750. The molecule has 0 aliphatic carbocycles. The number of hydrogen-bond donors (Lipinski definition) is 4. The number of aryl methyl sites for hydroxylation is 2. The summed E-state index contributed by atoms with van der Waals surface area (Å²) >= 11 is 0. The third kappa shape index (κ3) is 9.42. The average Bonchev–Trinajstić information content (AvgIpc) is 3.61. The molecule has 4 aromatic rings. The van der Waals surface area contributed by atoms with E-state index in [0.717, 1.165) is 29.3 Å². The fourth-order valence-electron chi connectivity index (χ4n) is 4.82. The van der Waals surface area contributed by atoms with Crippen molar-refractivity contribution in [3.63, 3.8) is 0 Å². The van der Waals surface area contributed by atoms with Gasteiger partial charge in [0.05, 0.1) is 28.5 Å². The molecule has 0 aliphatic rings. The molecule has 0 bridgehead atoms.